The molecule has 0 N–H and O–H groups in total. The molecule has 0 atom stereocenters. The zero-order valence-corrected chi connectivity index (χ0v) is 17.1. The summed E-state index contributed by atoms with van der Waals surface area (Å²) in [4.78, 5) is 51.1. The lowest BCUT2D eigenvalue weighted by Crippen LogP contribution is -2.39. The monoisotopic (exact) mass is 395 g/mol. The number of amides is 4. The van der Waals surface area contributed by atoms with Crippen molar-refractivity contribution in [2.75, 3.05) is 6.54 Å². The van der Waals surface area contributed by atoms with Gasteiger partial charge in [0.15, 0.2) is 5.78 Å². The van der Waals surface area contributed by atoms with Crippen LogP contribution in [0.15, 0.2) is 36.4 Å². The zero-order chi connectivity index (χ0) is 21.3. The molecule has 0 aliphatic carbocycles. The van der Waals surface area contributed by atoms with Gasteiger partial charge in [0.2, 0.25) is 0 Å². The molecule has 1 aromatic carbocycles. The Morgan fingerprint density at radius 3 is 2.24 bits per heavy atom. The third kappa shape index (κ3) is 3.85. The van der Waals surface area contributed by atoms with Gasteiger partial charge in [0.25, 0.3) is 0 Å². The highest BCUT2D eigenvalue weighted by molar-refractivity contribution is 6.45. The molecular weight excluding hydrogens is 370 g/mol. The van der Waals surface area contributed by atoms with Crippen LogP contribution in [0.2, 0.25) is 0 Å². The van der Waals surface area contributed by atoms with Gasteiger partial charge in [0.1, 0.15) is 0 Å². The minimum absolute atomic E-state index is 0.357. The summed E-state index contributed by atoms with van der Waals surface area (Å²) >= 11 is 0. The van der Waals surface area contributed by atoms with Gasteiger partial charge in [-0.2, -0.15) is 0 Å². The van der Waals surface area contributed by atoms with Crippen LogP contribution in [0.1, 0.15) is 41.2 Å². The fourth-order valence-corrected chi connectivity index (χ4v) is 3.66. The maximum Gasteiger partial charge on any atom is 0.334 e. The molecule has 1 aliphatic rings. The molecule has 1 aromatic heterocycles. The summed E-state index contributed by atoms with van der Waals surface area (Å²) < 4.78 is 2.05. The fraction of sp³-hybridized carbons (Fsp3) is 0.364. The van der Waals surface area contributed by atoms with E-state index in [-0.39, 0.29) is 5.78 Å². The first-order valence-corrected chi connectivity index (χ1v) is 9.65. The van der Waals surface area contributed by atoms with Crippen LogP contribution in [0.3, 0.4) is 0 Å². The lowest BCUT2D eigenvalue weighted by Gasteiger charge is -2.18. The van der Waals surface area contributed by atoms with Gasteiger partial charge < -0.3 is 4.57 Å². The number of hydrogen-bond acceptors (Lipinski definition) is 4. The number of nitrogens with zero attached hydrogens (tertiary/aromatic N) is 3. The predicted octanol–water partition coefficient (Wildman–Crippen LogP) is 2.73. The quantitative estimate of drug-likeness (QED) is 0.410. The SMILES string of the molecule is Cc1cc(C(=O)CN2C(=O)C(=O)N(C(C)C)C2=O)c(C)n1CCc1ccccc1. The summed E-state index contributed by atoms with van der Waals surface area (Å²) in [7, 11) is 0. The maximum atomic E-state index is 12.8. The van der Waals surface area contributed by atoms with Crippen LogP contribution in [-0.4, -0.2) is 50.6 Å². The molecule has 0 spiro atoms. The fourth-order valence-electron chi connectivity index (χ4n) is 3.66. The van der Waals surface area contributed by atoms with Gasteiger partial charge in [0.05, 0.1) is 6.54 Å². The van der Waals surface area contributed by atoms with E-state index < -0.39 is 30.4 Å². The number of hydrogen-bond donors (Lipinski definition) is 0. The second kappa shape index (κ2) is 8.03. The van der Waals surface area contributed by atoms with E-state index in [1.807, 2.05) is 32.0 Å². The van der Waals surface area contributed by atoms with E-state index in [2.05, 4.69) is 16.7 Å². The van der Waals surface area contributed by atoms with Crippen molar-refractivity contribution in [1.82, 2.24) is 14.4 Å². The van der Waals surface area contributed by atoms with Crippen LogP contribution >= 0.6 is 0 Å². The number of Topliss-reactive ketones (excluding diaryl/α,β-unsaturated/α-hetero) is 1. The molecule has 4 amide bonds. The average molecular weight is 395 g/mol. The molecule has 152 valence electrons. The average Bonchev–Trinajstić information content (AvgIpc) is 3.08. The number of carbonyl (C=O) groups excluding carboxylic acids is 4. The van der Waals surface area contributed by atoms with Gasteiger partial charge in [-0.25, -0.2) is 9.69 Å². The maximum absolute atomic E-state index is 12.8. The Kier molecular flexibility index (Phi) is 5.68. The van der Waals surface area contributed by atoms with Gasteiger partial charge in [0, 0.05) is 29.5 Å². The van der Waals surface area contributed by atoms with E-state index in [0.717, 1.165) is 34.2 Å². The first kappa shape index (κ1) is 20.5. The summed E-state index contributed by atoms with van der Waals surface area (Å²) in [6, 6.07) is 10.7. The minimum Gasteiger partial charge on any atom is -0.348 e. The van der Waals surface area contributed by atoms with E-state index >= 15 is 0 Å². The Labute approximate surface area is 169 Å². The van der Waals surface area contributed by atoms with Crippen molar-refractivity contribution < 1.29 is 19.2 Å². The summed E-state index contributed by atoms with van der Waals surface area (Å²) in [5.41, 5.74) is 3.38. The second-order valence-electron chi connectivity index (χ2n) is 7.54. The van der Waals surface area contributed by atoms with Crippen molar-refractivity contribution in [2.24, 2.45) is 0 Å². The van der Waals surface area contributed by atoms with E-state index in [4.69, 9.17) is 0 Å². The number of ketones is 1. The van der Waals surface area contributed by atoms with Crippen molar-refractivity contribution >= 4 is 23.6 Å². The lowest BCUT2D eigenvalue weighted by atomic mass is 10.1. The highest BCUT2D eigenvalue weighted by Crippen LogP contribution is 2.20. The number of benzene rings is 1. The molecule has 1 saturated heterocycles. The van der Waals surface area contributed by atoms with Crippen molar-refractivity contribution in [3.63, 3.8) is 0 Å². The minimum atomic E-state index is -0.949. The Hall–Kier alpha value is -3.22. The molecule has 3 rings (SSSR count). The smallest absolute Gasteiger partial charge is 0.334 e. The Balaban J connectivity index is 1.76. The zero-order valence-electron chi connectivity index (χ0n) is 17.1. The molecule has 0 unspecified atom stereocenters. The third-order valence-corrected chi connectivity index (χ3v) is 5.24. The summed E-state index contributed by atoms with van der Waals surface area (Å²) in [6.45, 7) is 7.35. The molecule has 7 heteroatoms. The molecule has 29 heavy (non-hydrogen) atoms. The van der Waals surface area contributed by atoms with Crippen LogP contribution in [0.25, 0.3) is 0 Å². The molecule has 7 nitrogen and oxygen atoms in total. The normalized spacial score (nSPS) is 14.4. The highest BCUT2D eigenvalue weighted by Gasteiger charge is 2.46. The molecule has 0 radical (unpaired) electrons. The third-order valence-electron chi connectivity index (χ3n) is 5.24. The number of carbonyl (C=O) groups is 4. The summed E-state index contributed by atoms with van der Waals surface area (Å²) in [6.07, 6.45) is 0.825. The first-order valence-electron chi connectivity index (χ1n) is 9.65. The number of urea groups is 1. The summed E-state index contributed by atoms with van der Waals surface area (Å²) in [5.74, 6) is -2.19. The van der Waals surface area contributed by atoms with Gasteiger partial charge in [-0.05, 0) is 45.7 Å². The van der Waals surface area contributed by atoms with Crippen LogP contribution in [0, 0.1) is 13.8 Å². The first-order chi connectivity index (χ1) is 13.7. The van der Waals surface area contributed by atoms with Gasteiger partial charge >= 0.3 is 17.8 Å². The van der Waals surface area contributed by atoms with Crippen LogP contribution in [0.5, 0.6) is 0 Å². The van der Waals surface area contributed by atoms with Crippen molar-refractivity contribution in [1.29, 1.82) is 0 Å². The molecule has 1 fully saturated rings. The Morgan fingerprint density at radius 1 is 1.00 bits per heavy atom. The number of rotatable bonds is 7. The second-order valence-corrected chi connectivity index (χ2v) is 7.54. The van der Waals surface area contributed by atoms with Crippen molar-refractivity contribution in [3.05, 3.63) is 58.9 Å². The van der Waals surface area contributed by atoms with Crippen LogP contribution in [0.4, 0.5) is 4.79 Å². The predicted molar refractivity (Wildman–Crippen MR) is 107 cm³/mol. The topological polar surface area (TPSA) is 79.7 Å². The lowest BCUT2D eigenvalue weighted by molar-refractivity contribution is -0.143. The van der Waals surface area contributed by atoms with E-state index in [1.54, 1.807) is 19.9 Å². The molecule has 1 aliphatic heterocycles. The molecule has 0 saturated carbocycles. The number of imide groups is 2. The molecular formula is C22H25N3O4. The van der Waals surface area contributed by atoms with Crippen LogP contribution < -0.4 is 0 Å². The molecule has 2 aromatic rings. The Morgan fingerprint density at radius 2 is 1.66 bits per heavy atom. The largest absolute Gasteiger partial charge is 0.348 e. The van der Waals surface area contributed by atoms with E-state index in [9.17, 15) is 19.2 Å². The van der Waals surface area contributed by atoms with Crippen molar-refractivity contribution in [3.8, 4) is 0 Å². The van der Waals surface area contributed by atoms with Crippen molar-refractivity contribution in [2.45, 2.75) is 46.7 Å². The Bertz CT molecular complexity index is 975. The highest BCUT2D eigenvalue weighted by atomic mass is 16.2. The van der Waals surface area contributed by atoms with Gasteiger partial charge in [-0.3, -0.25) is 19.3 Å². The van der Waals surface area contributed by atoms with Crippen LogP contribution in [-0.2, 0) is 22.6 Å². The standard InChI is InChI=1S/C22H25N3O4/c1-14(2)25-21(28)20(27)24(22(25)29)13-19(26)18-12-15(3)23(16(18)4)11-10-17-8-6-5-7-9-17/h5-9,12,14H,10-11,13H2,1-4H3. The summed E-state index contributed by atoms with van der Waals surface area (Å²) in [5, 5.41) is 0. The van der Waals surface area contributed by atoms with Gasteiger partial charge in [-0.1, -0.05) is 30.3 Å². The van der Waals surface area contributed by atoms with E-state index in [1.165, 1.54) is 5.56 Å². The number of aryl methyl sites for hydroxylation is 2. The number of aromatic nitrogens is 1. The molecule has 0 bridgehead atoms. The molecule has 2 heterocycles. The van der Waals surface area contributed by atoms with Gasteiger partial charge in [-0.15, -0.1) is 0 Å². The van der Waals surface area contributed by atoms with E-state index in [0.29, 0.717) is 5.56 Å².